The van der Waals surface area contributed by atoms with Crippen molar-refractivity contribution in [3.63, 3.8) is 0 Å². The Morgan fingerprint density at radius 1 is 1.25 bits per heavy atom. The standard InChI is InChI=1S/C17H27NO2/c1-3-11-18-16(4-2)15-7-5-6-8-17(15)20-13-19-12-14-9-10-14/h5-8,14,16,18H,3-4,9-13H2,1-2H3. The minimum absolute atomic E-state index is 0.356. The second-order valence-corrected chi connectivity index (χ2v) is 5.53. The van der Waals surface area contributed by atoms with Crippen molar-refractivity contribution in [2.45, 2.75) is 45.6 Å². The molecule has 0 aliphatic heterocycles. The summed E-state index contributed by atoms with van der Waals surface area (Å²) in [6, 6.07) is 8.63. The van der Waals surface area contributed by atoms with Gasteiger partial charge in [0.25, 0.3) is 0 Å². The van der Waals surface area contributed by atoms with Gasteiger partial charge in [0.15, 0.2) is 6.79 Å². The molecule has 2 rings (SSSR count). The number of hydrogen-bond acceptors (Lipinski definition) is 3. The first-order valence-corrected chi connectivity index (χ1v) is 7.88. The molecule has 0 heterocycles. The Morgan fingerprint density at radius 2 is 2.05 bits per heavy atom. The highest BCUT2D eigenvalue weighted by Gasteiger charge is 2.21. The zero-order chi connectivity index (χ0) is 14.2. The second-order valence-electron chi connectivity index (χ2n) is 5.53. The smallest absolute Gasteiger partial charge is 0.189 e. The summed E-state index contributed by atoms with van der Waals surface area (Å²) in [7, 11) is 0. The molecule has 20 heavy (non-hydrogen) atoms. The molecule has 1 saturated carbocycles. The number of ether oxygens (including phenoxy) is 2. The van der Waals surface area contributed by atoms with E-state index in [1.807, 2.05) is 12.1 Å². The fraction of sp³-hybridized carbons (Fsp3) is 0.647. The van der Waals surface area contributed by atoms with Crippen molar-refractivity contribution in [1.29, 1.82) is 0 Å². The van der Waals surface area contributed by atoms with E-state index in [-0.39, 0.29) is 0 Å². The summed E-state index contributed by atoms with van der Waals surface area (Å²) in [4.78, 5) is 0. The monoisotopic (exact) mass is 277 g/mol. The van der Waals surface area contributed by atoms with Crippen LogP contribution in [0.5, 0.6) is 5.75 Å². The van der Waals surface area contributed by atoms with E-state index in [4.69, 9.17) is 9.47 Å². The van der Waals surface area contributed by atoms with Crippen LogP contribution in [-0.2, 0) is 4.74 Å². The van der Waals surface area contributed by atoms with E-state index >= 15 is 0 Å². The van der Waals surface area contributed by atoms with Crippen LogP contribution >= 0.6 is 0 Å². The number of rotatable bonds is 10. The number of nitrogens with one attached hydrogen (secondary N) is 1. The van der Waals surface area contributed by atoms with Crippen LogP contribution < -0.4 is 10.1 Å². The molecule has 1 aliphatic rings. The Kier molecular flexibility index (Phi) is 6.34. The lowest BCUT2D eigenvalue weighted by atomic mass is 10.0. The van der Waals surface area contributed by atoms with Gasteiger partial charge >= 0.3 is 0 Å². The molecule has 0 bridgehead atoms. The highest BCUT2D eigenvalue weighted by molar-refractivity contribution is 5.35. The second kappa shape index (κ2) is 8.28. The molecule has 1 unspecified atom stereocenters. The third kappa shape index (κ3) is 4.80. The maximum atomic E-state index is 5.82. The van der Waals surface area contributed by atoms with Crippen molar-refractivity contribution in [1.82, 2.24) is 5.32 Å². The van der Waals surface area contributed by atoms with Crippen molar-refractivity contribution in [3.05, 3.63) is 29.8 Å². The van der Waals surface area contributed by atoms with Crippen molar-refractivity contribution >= 4 is 0 Å². The van der Waals surface area contributed by atoms with Gasteiger partial charge in [-0.3, -0.25) is 0 Å². The first-order valence-electron chi connectivity index (χ1n) is 7.88. The Morgan fingerprint density at radius 3 is 2.75 bits per heavy atom. The molecular weight excluding hydrogens is 250 g/mol. The Bertz CT molecular complexity index is 390. The largest absolute Gasteiger partial charge is 0.467 e. The molecule has 0 aromatic heterocycles. The lowest BCUT2D eigenvalue weighted by Gasteiger charge is -2.20. The predicted molar refractivity (Wildman–Crippen MR) is 81.9 cm³/mol. The molecule has 1 aromatic carbocycles. The highest BCUT2D eigenvalue weighted by Crippen LogP contribution is 2.29. The molecule has 112 valence electrons. The quantitative estimate of drug-likeness (QED) is 0.520. The summed E-state index contributed by atoms with van der Waals surface area (Å²) in [6.45, 7) is 6.62. The van der Waals surface area contributed by atoms with Crippen LogP contribution in [0, 0.1) is 5.92 Å². The number of para-hydroxylation sites is 1. The average Bonchev–Trinajstić information content (AvgIpc) is 3.30. The van der Waals surface area contributed by atoms with Crippen molar-refractivity contribution in [3.8, 4) is 5.75 Å². The van der Waals surface area contributed by atoms with Crippen molar-refractivity contribution < 1.29 is 9.47 Å². The van der Waals surface area contributed by atoms with E-state index in [1.165, 1.54) is 18.4 Å². The zero-order valence-electron chi connectivity index (χ0n) is 12.7. The third-order valence-corrected chi connectivity index (χ3v) is 3.69. The summed E-state index contributed by atoms with van der Waals surface area (Å²) in [6.07, 6.45) is 4.83. The topological polar surface area (TPSA) is 30.5 Å². The van der Waals surface area contributed by atoms with E-state index in [0.717, 1.165) is 37.7 Å². The van der Waals surface area contributed by atoms with E-state index in [2.05, 4.69) is 31.3 Å². The molecule has 0 amide bonds. The van der Waals surface area contributed by atoms with Crippen molar-refractivity contribution in [2.24, 2.45) is 5.92 Å². The average molecular weight is 277 g/mol. The van der Waals surface area contributed by atoms with Crippen LogP contribution in [0.4, 0.5) is 0 Å². The van der Waals surface area contributed by atoms with Crippen LogP contribution in [0.2, 0.25) is 0 Å². The molecule has 0 saturated heterocycles. The Labute approximate surface area is 122 Å². The number of benzene rings is 1. The van der Waals surface area contributed by atoms with Gasteiger partial charge in [-0.1, -0.05) is 32.0 Å². The van der Waals surface area contributed by atoms with E-state index < -0.39 is 0 Å². The zero-order valence-corrected chi connectivity index (χ0v) is 12.7. The predicted octanol–water partition coefficient (Wildman–Crippen LogP) is 3.90. The molecule has 1 aromatic rings. The fourth-order valence-electron chi connectivity index (χ4n) is 2.30. The van der Waals surface area contributed by atoms with Gasteiger partial charge in [-0.25, -0.2) is 0 Å². The molecule has 3 heteroatoms. The van der Waals surface area contributed by atoms with Crippen LogP contribution in [0.15, 0.2) is 24.3 Å². The van der Waals surface area contributed by atoms with Crippen LogP contribution in [0.3, 0.4) is 0 Å². The summed E-state index contributed by atoms with van der Waals surface area (Å²) in [5.74, 6) is 1.72. The van der Waals surface area contributed by atoms with Crippen LogP contribution in [-0.4, -0.2) is 19.9 Å². The van der Waals surface area contributed by atoms with E-state index in [9.17, 15) is 0 Å². The lowest BCUT2D eigenvalue weighted by molar-refractivity contribution is 0.00918. The van der Waals surface area contributed by atoms with Gasteiger partial charge in [-0.2, -0.15) is 0 Å². The molecular formula is C17H27NO2. The minimum atomic E-state index is 0.356. The van der Waals surface area contributed by atoms with Gasteiger partial charge in [0.1, 0.15) is 5.75 Å². The summed E-state index contributed by atoms with van der Waals surface area (Å²) in [5, 5.41) is 3.57. The van der Waals surface area contributed by atoms with Gasteiger partial charge < -0.3 is 14.8 Å². The molecule has 1 atom stereocenters. The minimum Gasteiger partial charge on any atom is -0.467 e. The van der Waals surface area contributed by atoms with Crippen LogP contribution in [0.1, 0.15) is 51.1 Å². The van der Waals surface area contributed by atoms with Gasteiger partial charge in [0.2, 0.25) is 0 Å². The van der Waals surface area contributed by atoms with Gasteiger partial charge in [0.05, 0.1) is 6.61 Å². The molecule has 0 spiro atoms. The summed E-state index contributed by atoms with van der Waals surface area (Å²) < 4.78 is 11.4. The highest BCUT2D eigenvalue weighted by atomic mass is 16.7. The maximum Gasteiger partial charge on any atom is 0.189 e. The Hall–Kier alpha value is -1.06. The molecule has 1 fully saturated rings. The molecule has 3 nitrogen and oxygen atoms in total. The number of hydrogen-bond donors (Lipinski definition) is 1. The normalized spacial score (nSPS) is 16.1. The molecule has 1 N–H and O–H groups in total. The summed E-state index contributed by atoms with van der Waals surface area (Å²) >= 11 is 0. The molecule has 0 radical (unpaired) electrons. The molecule has 1 aliphatic carbocycles. The van der Waals surface area contributed by atoms with Crippen LogP contribution in [0.25, 0.3) is 0 Å². The third-order valence-electron chi connectivity index (χ3n) is 3.69. The first kappa shape index (κ1) is 15.3. The van der Waals surface area contributed by atoms with Gasteiger partial charge in [-0.15, -0.1) is 0 Å². The van der Waals surface area contributed by atoms with E-state index in [1.54, 1.807) is 0 Å². The van der Waals surface area contributed by atoms with Crippen molar-refractivity contribution in [2.75, 3.05) is 19.9 Å². The SMILES string of the molecule is CCCNC(CC)c1ccccc1OCOCC1CC1. The first-order chi connectivity index (χ1) is 9.85. The van der Waals surface area contributed by atoms with E-state index in [0.29, 0.717) is 12.8 Å². The Balaban J connectivity index is 1.88. The van der Waals surface area contributed by atoms with Gasteiger partial charge in [-0.05, 0) is 44.2 Å². The lowest BCUT2D eigenvalue weighted by Crippen LogP contribution is -2.22. The summed E-state index contributed by atoms with van der Waals surface area (Å²) in [5.41, 5.74) is 1.23. The maximum absolute atomic E-state index is 5.82. The van der Waals surface area contributed by atoms with Gasteiger partial charge in [0, 0.05) is 11.6 Å². The fourth-order valence-corrected chi connectivity index (χ4v) is 2.30.